The molecule has 1 aromatic heterocycles. The van der Waals surface area contributed by atoms with Gasteiger partial charge in [0.2, 0.25) is 11.7 Å². The van der Waals surface area contributed by atoms with E-state index in [1.165, 1.54) is 7.11 Å². The molecule has 0 unspecified atom stereocenters. The van der Waals surface area contributed by atoms with E-state index in [9.17, 15) is 13.6 Å². The summed E-state index contributed by atoms with van der Waals surface area (Å²) in [6.07, 6.45) is -1.99. The van der Waals surface area contributed by atoms with Crippen LogP contribution in [0.25, 0.3) is 0 Å². The highest BCUT2D eigenvalue weighted by atomic mass is 35.5. The smallest absolute Gasteiger partial charge is 0.300 e. The molecule has 0 saturated heterocycles. The molecule has 0 radical (unpaired) electrons. The average Bonchev–Trinajstić information content (AvgIpc) is 2.17. The number of hydrogen-bond acceptors (Lipinski definition) is 3. The van der Waals surface area contributed by atoms with Crippen molar-refractivity contribution in [2.45, 2.75) is 6.43 Å². The summed E-state index contributed by atoms with van der Waals surface area (Å²) in [6, 6.07) is 1.08. The number of halogens is 3. The number of ketones is 1. The van der Waals surface area contributed by atoms with Gasteiger partial charge in [-0.1, -0.05) is 11.6 Å². The van der Waals surface area contributed by atoms with Gasteiger partial charge in [0, 0.05) is 11.6 Å². The lowest BCUT2D eigenvalue weighted by atomic mass is 10.2. The molecule has 0 aliphatic heterocycles. The van der Waals surface area contributed by atoms with Crippen LogP contribution in [-0.4, -0.2) is 24.3 Å². The Morgan fingerprint density at radius 2 is 2.29 bits per heavy atom. The third-order valence-corrected chi connectivity index (χ3v) is 1.80. The van der Waals surface area contributed by atoms with E-state index in [1.807, 2.05) is 0 Å². The van der Waals surface area contributed by atoms with Crippen LogP contribution < -0.4 is 4.74 Å². The van der Waals surface area contributed by atoms with Crippen LogP contribution in [0.4, 0.5) is 8.78 Å². The minimum atomic E-state index is -3.08. The molecule has 3 nitrogen and oxygen atoms in total. The minimum absolute atomic E-state index is 0.0680. The zero-order valence-corrected chi connectivity index (χ0v) is 7.89. The van der Waals surface area contributed by atoms with Crippen molar-refractivity contribution in [3.63, 3.8) is 0 Å². The Balaban J connectivity index is 3.12. The third-order valence-electron chi connectivity index (χ3n) is 1.50. The summed E-state index contributed by atoms with van der Waals surface area (Å²) in [6.45, 7) is 0. The van der Waals surface area contributed by atoms with Crippen molar-refractivity contribution in [2.75, 3.05) is 7.11 Å². The zero-order chi connectivity index (χ0) is 10.7. The second-order valence-electron chi connectivity index (χ2n) is 2.37. The highest BCUT2D eigenvalue weighted by Crippen LogP contribution is 2.21. The molecule has 0 spiro atoms. The summed E-state index contributed by atoms with van der Waals surface area (Å²) >= 11 is 5.52. The first-order chi connectivity index (χ1) is 6.56. The van der Waals surface area contributed by atoms with Crippen molar-refractivity contribution in [2.24, 2.45) is 0 Å². The van der Waals surface area contributed by atoms with E-state index in [0.717, 1.165) is 12.3 Å². The minimum Gasteiger partial charge on any atom is -0.481 e. The van der Waals surface area contributed by atoms with Crippen LogP contribution in [0.2, 0.25) is 5.02 Å². The molecule has 0 aromatic carbocycles. The maximum Gasteiger partial charge on any atom is 0.300 e. The molecule has 6 heteroatoms. The Kier molecular flexibility index (Phi) is 3.35. The summed E-state index contributed by atoms with van der Waals surface area (Å²) in [7, 11) is 1.31. The molecule has 0 atom stereocenters. The van der Waals surface area contributed by atoms with Crippen molar-refractivity contribution in [3.8, 4) is 5.88 Å². The maximum atomic E-state index is 12.1. The molecular formula is C8H6ClF2NO2. The van der Waals surface area contributed by atoms with Crippen LogP contribution in [0.3, 0.4) is 0 Å². The van der Waals surface area contributed by atoms with Crippen LogP contribution in [0.1, 0.15) is 10.4 Å². The van der Waals surface area contributed by atoms with E-state index in [2.05, 4.69) is 9.72 Å². The molecule has 1 rings (SSSR count). The molecule has 1 aromatic rings. The standard InChI is InChI=1S/C8H6ClF2NO2/c1-14-6-2-4(5(9)3-12-6)7(13)8(10)11/h2-3,8H,1H3. The normalized spacial score (nSPS) is 10.4. The number of aromatic nitrogens is 1. The van der Waals surface area contributed by atoms with Gasteiger partial charge in [0.05, 0.1) is 18.3 Å². The Morgan fingerprint density at radius 1 is 1.64 bits per heavy atom. The molecular weight excluding hydrogens is 216 g/mol. The molecule has 0 N–H and O–H groups in total. The Labute approximate surface area is 83.7 Å². The lowest BCUT2D eigenvalue weighted by Gasteiger charge is -2.04. The predicted molar refractivity (Wildman–Crippen MR) is 46.1 cm³/mol. The monoisotopic (exact) mass is 221 g/mol. The molecule has 0 aliphatic carbocycles. The lowest BCUT2D eigenvalue weighted by Crippen LogP contribution is -2.11. The molecule has 0 saturated carbocycles. The number of nitrogens with zero attached hydrogens (tertiary/aromatic N) is 1. The van der Waals surface area contributed by atoms with Gasteiger partial charge in [0.15, 0.2) is 0 Å². The largest absolute Gasteiger partial charge is 0.481 e. The summed E-state index contributed by atoms with van der Waals surface area (Å²) in [5.74, 6) is -1.27. The fourth-order valence-corrected chi connectivity index (χ4v) is 1.03. The van der Waals surface area contributed by atoms with E-state index >= 15 is 0 Å². The Morgan fingerprint density at radius 3 is 2.79 bits per heavy atom. The molecule has 0 fully saturated rings. The fourth-order valence-electron chi connectivity index (χ4n) is 0.838. The van der Waals surface area contributed by atoms with Gasteiger partial charge in [-0.05, 0) is 0 Å². The Hall–Kier alpha value is -1.23. The summed E-state index contributed by atoms with van der Waals surface area (Å²) in [5, 5.41) is -0.115. The number of alkyl halides is 2. The number of ether oxygens (including phenoxy) is 1. The second-order valence-corrected chi connectivity index (χ2v) is 2.78. The molecule has 14 heavy (non-hydrogen) atoms. The van der Waals surface area contributed by atoms with E-state index in [-0.39, 0.29) is 16.5 Å². The van der Waals surface area contributed by atoms with Crippen LogP contribution in [-0.2, 0) is 0 Å². The highest BCUT2D eigenvalue weighted by Gasteiger charge is 2.21. The average molecular weight is 222 g/mol. The lowest BCUT2D eigenvalue weighted by molar-refractivity contribution is 0.0678. The zero-order valence-electron chi connectivity index (χ0n) is 7.13. The van der Waals surface area contributed by atoms with Crippen LogP contribution >= 0.6 is 11.6 Å². The maximum absolute atomic E-state index is 12.1. The summed E-state index contributed by atoms with van der Waals surface area (Å²) in [4.78, 5) is 14.6. The Bertz CT molecular complexity index is 357. The van der Waals surface area contributed by atoms with E-state index < -0.39 is 12.2 Å². The summed E-state index contributed by atoms with van der Waals surface area (Å²) < 4.78 is 28.8. The van der Waals surface area contributed by atoms with Gasteiger partial charge in [-0.3, -0.25) is 4.79 Å². The van der Waals surface area contributed by atoms with Crippen molar-refractivity contribution in [1.82, 2.24) is 4.98 Å². The van der Waals surface area contributed by atoms with Gasteiger partial charge in [0.1, 0.15) is 0 Å². The van der Waals surface area contributed by atoms with Crippen molar-refractivity contribution < 1.29 is 18.3 Å². The molecule has 0 bridgehead atoms. The van der Waals surface area contributed by atoms with Gasteiger partial charge in [-0.2, -0.15) is 0 Å². The highest BCUT2D eigenvalue weighted by molar-refractivity contribution is 6.34. The van der Waals surface area contributed by atoms with Crippen molar-refractivity contribution in [3.05, 3.63) is 22.8 Å². The van der Waals surface area contributed by atoms with Gasteiger partial charge in [0.25, 0.3) is 0 Å². The van der Waals surface area contributed by atoms with E-state index in [1.54, 1.807) is 0 Å². The van der Waals surface area contributed by atoms with E-state index in [4.69, 9.17) is 11.6 Å². The number of pyridine rings is 1. The van der Waals surface area contributed by atoms with Crippen LogP contribution in [0.15, 0.2) is 12.3 Å². The number of rotatable bonds is 3. The van der Waals surface area contributed by atoms with Gasteiger partial charge < -0.3 is 4.74 Å². The van der Waals surface area contributed by atoms with Gasteiger partial charge in [-0.15, -0.1) is 0 Å². The van der Waals surface area contributed by atoms with E-state index in [0.29, 0.717) is 0 Å². The number of Topliss-reactive ketones (excluding diaryl/α,β-unsaturated/α-hetero) is 1. The molecule has 76 valence electrons. The molecule has 0 aliphatic rings. The van der Waals surface area contributed by atoms with Crippen molar-refractivity contribution >= 4 is 17.4 Å². The number of methoxy groups -OCH3 is 1. The first kappa shape index (κ1) is 10.8. The third kappa shape index (κ3) is 2.17. The fraction of sp³-hybridized carbons (Fsp3) is 0.250. The molecule has 0 amide bonds. The summed E-state index contributed by atoms with van der Waals surface area (Å²) in [5.41, 5.74) is -0.284. The van der Waals surface area contributed by atoms with Gasteiger partial charge >= 0.3 is 6.43 Å². The molecule has 1 heterocycles. The number of carbonyl (C=O) groups excluding carboxylic acids is 1. The quantitative estimate of drug-likeness (QED) is 0.735. The van der Waals surface area contributed by atoms with Crippen LogP contribution in [0.5, 0.6) is 5.88 Å². The predicted octanol–water partition coefficient (Wildman–Crippen LogP) is 2.19. The van der Waals surface area contributed by atoms with Gasteiger partial charge in [-0.25, -0.2) is 13.8 Å². The second kappa shape index (κ2) is 4.32. The number of hydrogen-bond donors (Lipinski definition) is 0. The first-order valence-electron chi connectivity index (χ1n) is 3.58. The van der Waals surface area contributed by atoms with Crippen LogP contribution in [0, 0.1) is 0 Å². The first-order valence-corrected chi connectivity index (χ1v) is 3.96. The number of carbonyl (C=O) groups is 1. The topological polar surface area (TPSA) is 39.2 Å². The SMILES string of the molecule is COc1cc(C(=O)C(F)F)c(Cl)cn1. The van der Waals surface area contributed by atoms with Crippen molar-refractivity contribution in [1.29, 1.82) is 0 Å².